The van der Waals surface area contributed by atoms with Crippen molar-refractivity contribution in [1.29, 1.82) is 0 Å². The van der Waals surface area contributed by atoms with E-state index < -0.39 is 16.5 Å². The molecule has 70 valence electrons. The lowest BCUT2D eigenvalue weighted by Crippen LogP contribution is -1.93. The summed E-state index contributed by atoms with van der Waals surface area (Å²) in [7, 11) is 0. The van der Waals surface area contributed by atoms with Gasteiger partial charge in [0.1, 0.15) is 5.52 Å². The van der Waals surface area contributed by atoms with Crippen LogP contribution >= 0.6 is 0 Å². The lowest BCUT2D eigenvalue weighted by Gasteiger charge is -1.98. The van der Waals surface area contributed by atoms with Crippen LogP contribution < -0.4 is 0 Å². The summed E-state index contributed by atoms with van der Waals surface area (Å²) in [6, 6.07) is 3.14. The maximum Gasteiger partial charge on any atom is 0.406 e. The highest BCUT2D eigenvalue weighted by Crippen LogP contribution is 2.30. The fraction of sp³-hybridized carbons (Fsp3) is 0. The van der Waals surface area contributed by atoms with Crippen LogP contribution in [0.25, 0.3) is 10.9 Å². The molecule has 2 aromatic heterocycles. The first-order valence-electron chi connectivity index (χ1n) is 3.77. The van der Waals surface area contributed by atoms with Gasteiger partial charge in [0.25, 0.3) is 0 Å². The molecule has 0 atom stereocenters. The zero-order valence-electron chi connectivity index (χ0n) is 6.91. The van der Waals surface area contributed by atoms with Gasteiger partial charge in [0.15, 0.2) is 6.20 Å². The maximum atomic E-state index is 10.4. The molecular weight excluding hydrogens is 186 g/mol. The SMILES string of the molecule is O=[N+]([O-])c1ncc2ncccc2c1O. The zero-order chi connectivity index (χ0) is 10.1. The van der Waals surface area contributed by atoms with Gasteiger partial charge in [-0.1, -0.05) is 0 Å². The highest BCUT2D eigenvalue weighted by Gasteiger charge is 2.17. The lowest BCUT2D eigenvalue weighted by molar-refractivity contribution is -0.390. The number of hydrogen-bond acceptors (Lipinski definition) is 5. The second-order valence-corrected chi connectivity index (χ2v) is 2.62. The Balaban J connectivity index is 2.81. The Morgan fingerprint density at radius 3 is 2.93 bits per heavy atom. The van der Waals surface area contributed by atoms with E-state index in [9.17, 15) is 15.2 Å². The van der Waals surface area contributed by atoms with Crippen LogP contribution in [0.1, 0.15) is 0 Å². The van der Waals surface area contributed by atoms with Crippen molar-refractivity contribution in [3.05, 3.63) is 34.6 Å². The van der Waals surface area contributed by atoms with Gasteiger partial charge < -0.3 is 15.2 Å². The first kappa shape index (κ1) is 8.36. The highest BCUT2D eigenvalue weighted by molar-refractivity contribution is 5.86. The molecule has 0 saturated carbocycles. The van der Waals surface area contributed by atoms with Gasteiger partial charge in [-0.2, -0.15) is 0 Å². The lowest BCUT2D eigenvalue weighted by atomic mass is 10.2. The predicted octanol–water partition coefficient (Wildman–Crippen LogP) is 1.24. The number of nitro groups is 1. The number of rotatable bonds is 1. The Bertz CT molecular complexity index is 512. The van der Waals surface area contributed by atoms with Crippen LogP contribution in [0.4, 0.5) is 5.82 Å². The number of fused-ring (bicyclic) bond motifs is 1. The minimum absolute atomic E-state index is 0.328. The van der Waals surface area contributed by atoms with Crippen molar-refractivity contribution in [2.75, 3.05) is 0 Å². The van der Waals surface area contributed by atoms with Crippen molar-refractivity contribution >= 4 is 16.7 Å². The first-order valence-corrected chi connectivity index (χ1v) is 3.77. The normalized spacial score (nSPS) is 10.3. The molecule has 0 spiro atoms. The summed E-state index contributed by atoms with van der Waals surface area (Å²) in [5, 5.41) is 20.2. The molecule has 6 heteroatoms. The Morgan fingerprint density at radius 2 is 2.21 bits per heavy atom. The predicted molar refractivity (Wildman–Crippen MR) is 47.9 cm³/mol. The molecule has 14 heavy (non-hydrogen) atoms. The van der Waals surface area contributed by atoms with E-state index in [4.69, 9.17) is 0 Å². The van der Waals surface area contributed by atoms with Gasteiger partial charge in [-0.15, -0.1) is 0 Å². The summed E-state index contributed by atoms with van der Waals surface area (Å²) in [5.41, 5.74) is 0.426. The summed E-state index contributed by atoms with van der Waals surface area (Å²) in [6.07, 6.45) is 2.78. The van der Waals surface area contributed by atoms with Crippen molar-refractivity contribution in [2.45, 2.75) is 0 Å². The summed E-state index contributed by atoms with van der Waals surface area (Å²) in [5.74, 6) is -0.994. The van der Waals surface area contributed by atoms with Crippen LogP contribution in [-0.2, 0) is 0 Å². The number of pyridine rings is 2. The summed E-state index contributed by atoms with van der Waals surface area (Å²) < 4.78 is 0. The molecule has 0 radical (unpaired) electrons. The average Bonchev–Trinajstić information content (AvgIpc) is 2.18. The van der Waals surface area contributed by atoms with E-state index in [1.807, 2.05) is 0 Å². The van der Waals surface area contributed by atoms with Crippen LogP contribution in [-0.4, -0.2) is 20.0 Å². The van der Waals surface area contributed by atoms with Crippen molar-refractivity contribution in [1.82, 2.24) is 9.97 Å². The van der Waals surface area contributed by atoms with E-state index in [1.54, 1.807) is 12.1 Å². The fourth-order valence-corrected chi connectivity index (χ4v) is 1.16. The van der Waals surface area contributed by atoms with Crippen molar-refractivity contribution in [3.8, 4) is 5.75 Å². The third-order valence-corrected chi connectivity index (χ3v) is 1.79. The van der Waals surface area contributed by atoms with Crippen LogP contribution in [0.15, 0.2) is 24.5 Å². The van der Waals surface area contributed by atoms with Crippen molar-refractivity contribution < 1.29 is 10.0 Å². The van der Waals surface area contributed by atoms with E-state index in [-0.39, 0.29) is 0 Å². The Morgan fingerprint density at radius 1 is 1.43 bits per heavy atom. The highest BCUT2D eigenvalue weighted by atomic mass is 16.6. The van der Waals surface area contributed by atoms with E-state index in [0.717, 1.165) is 0 Å². The zero-order valence-corrected chi connectivity index (χ0v) is 6.91. The minimum atomic E-state index is -0.734. The van der Waals surface area contributed by atoms with Gasteiger partial charge in [0, 0.05) is 6.20 Å². The van der Waals surface area contributed by atoms with Gasteiger partial charge in [-0.3, -0.25) is 4.98 Å². The molecule has 0 amide bonds. The molecular formula is C8H5N3O3. The molecule has 0 aliphatic heterocycles. The number of aromatic hydroxyl groups is 1. The average molecular weight is 191 g/mol. The smallest absolute Gasteiger partial charge is 0.406 e. The van der Waals surface area contributed by atoms with Crippen LogP contribution in [0.3, 0.4) is 0 Å². The molecule has 0 aliphatic rings. The molecule has 2 aromatic rings. The number of aromatic nitrogens is 2. The van der Waals surface area contributed by atoms with E-state index >= 15 is 0 Å². The molecule has 0 unspecified atom stereocenters. The Kier molecular flexibility index (Phi) is 1.74. The molecule has 6 nitrogen and oxygen atoms in total. The largest absolute Gasteiger partial charge is 0.500 e. The summed E-state index contributed by atoms with van der Waals surface area (Å²) in [4.78, 5) is 17.1. The van der Waals surface area contributed by atoms with Gasteiger partial charge >= 0.3 is 5.82 Å². The molecule has 2 rings (SSSR count). The molecule has 0 aliphatic carbocycles. The second-order valence-electron chi connectivity index (χ2n) is 2.62. The molecule has 0 aromatic carbocycles. The maximum absolute atomic E-state index is 10.4. The first-order chi connectivity index (χ1) is 6.70. The van der Waals surface area contributed by atoms with Gasteiger partial charge in [-0.25, -0.2) is 0 Å². The third kappa shape index (κ3) is 1.13. The standard InChI is InChI=1S/C8H5N3O3/c12-7-5-2-1-3-9-6(5)4-10-8(7)11(13)14/h1-4,12H. The molecule has 1 N–H and O–H groups in total. The monoisotopic (exact) mass is 191 g/mol. The van der Waals surface area contributed by atoms with Gasteiger partial charge in [0.05, 0.1) is 5.39 Å². The third-order valence-electron chi connectivity index (χ3n) is 1.79. The number of hydrogen-bond donors (Lipinski definition) is 1. The Hall–Kier alpha value is -2.24. The molecule has 2 heterocycles. The second kappa shape index (κ2) is 2.91. The quantitative estimate of drug-likeness (QED) is 0.541. The summed E-state index contributed by atoms with van der Waals surface area (Å²) >= 11 is 0. The fourth-order valence-electron chi connectivity index (χ4n) is 1.16. The number of nitrogens with zero attached hydrogens (tertiary/aromatic N) is 3. The van der Waals surface area contributed by atoms with Gasteiger partial charge in [-0.05, 0) is 22.0 Å². The van der Waals surface area contributed by atoms with E-state index in [0.29, 0.717) is 10.9 Å². The van der Waals surface area contributed by atoms with Crippen molar-refractivity contribution in [2.24, 2.45) is 0 Å². The topological polar surface area (TPSA) is 89.2 Å². The molecule has 0 bridgehead atoms. The van der Waals surface area contributed by atoms with E-state index in [2.05, 4.69) is 9.97 Å². The minimum Gasteiger partial charge on any atom is -0.500 e. The van der Waals surface area contributed by atoms with Crippen molar-refractivity contribution in [3.63, 3.8) is 0 Å². The molecule has 0 saturated heterocycles. The van der Waals surface area contributed by atoms with Crippen LogP contribution in [0.2, 0.25) is 0 Å². The van der Waals surface area contributed by atoms with Crippen LogP contribution in [0, 0.1) is 10.1 Å². The van der Waals surface area contributed by atoms with E-state index in [1.165, 1.54) is 12.4 Å². The van der Waals surface area contributed by atoms with Gasteiger partial charge in [0.2, 0.25) is 5.75 Å². The Labute approximate surface area is 78.0 Å². The summed E-state index contributed by atoms with van der Waals surface area (Å²) in [6.45, 7) is 0. The van der Waals surface area contributed by atoms with Crippen LogP contribution in [0.5, 0.6) is 5.75 Å². The molecule has 0 fully saturated rings.